The minimum absolute atomic E-state index is 0.0430. The molecule has 0 bridgehead atoms. The summed E-state index contributed by atoms with van der Waals surface area (Å²) in [4.78, 5) is 17.1. The highest BCUT2D eigenvalue weighted by atomic mass is 79.9. The van der Waals surface area contributed by atoms with E-state index in [9.17, 15) is 4.79 Å². The predicted octanol–water partition coefficient (Wildman–Crippen LogP) is 3.81. The van der Waals surface area contributed by atoms with Gasteiger partial charge in [-0.25, -0.2) is 0 Å². The molecule has 2 aromatic rings. The SMILES string of the molecule is CCOc1ccc(CN2CCN(C(=O)c3cc(OC)ccc3Br)CC2)cc1. The Morgan fingerprint density at radius 2 is 1.70 bits per heavy atom. The van der Waals surface area contributed by atoms with Crippen molar-refractivity contribution >= 4 is 21.8 Å². The second-order valence-corrected chi connectivity index (χ2v) is 7.35. The summed E-state index contributed by atoms with van der Waals surface area (Å²) in [7, 11) is 1.61. The van der Waals surface area contributed by atoms with Gasteiger partial charge in [-0.1, -0.05) is 12.1 Å². The van der Waals surface area contributed by atoms with Crippen molar-refractivity contribution in [3.63, 3.8) is 0 Å². The largest absolute Gasteiger partial charge is 0.497 e. The van der Waals surface area contributed by atoms with Crippen LogP contribution in [-0.4, -0.2) is 55.6 Å². The van der Waals surface area contributed by atoms with E-state index < -0.39 is 0 Å². The normalized spacial score (nSPS) is 14.9. The zero-order chi connectivity index (χ0) is 19.2. The Labute approximate surface area is 169 Å². The van der Waals surface area contributed by atoms with Crippen LogP contribution in [0.4, 0.5) is 0 Å². The van der Waals surface area contributed by atoms with E-state index in [4.69, 9.17) is 9.47 Å². The molecule has 0 saturated carbocycles. The van der Waals surface area contributed by atoms with Crippen molar-refractivity contribution in [3.05, 3.63) is 58.1 Å². The number of rotatable bonds is 6. The summed E-state index contributed by atoms with van der Waals surface area (Å²) in [5.74, 6) is 1.64. The standard InChI is InChI=1S/C21H25BrN2O3/c1-3-27-17-6-4-16(5-7-17)15-23-10-12-24(13-11-23)21(25)19-14-18(26-2)8-9-20(19)22/h4-9,14H,3,10-13,15H2,1-2H3. The molecule has 3 rings (SSSR count). The fourth-order valence-corrected chi connectivity index (χ4v) is 3.61. The Kier molecular flexibility index (Phi) is 6.74. The lowest BCUT2D eigenvalue weighted by Gasteiger charge is -2.35. The average Bonchev–Trinajstić information content (AvgIpc) is 2.70. The highest BCUT2D eigenvalue weighted by Crippen LogP contribution is 2.24. The molecule has 144 valence electrons. The highest BCUT2D eigenvalue weighted by molar-refractivity contribution is 9.10. The van der Waals surface area contributed by atoms with Gasteiger partial charge in [-0.05, 0) is 58.7 Å². The molecule has 1 saturated heterocycles. The van der Waals surface area contributed by atoms with Crippen molar-refractivity contribution in [2.75, 3.05) is 39.9 Å². The van der Waals surface area contributed by atoms with Gasteiger partial charge in [0.15, 0.2) is 0 Å². The van der Waals surface area contributed by atoms with Gasteiger partial charge in [-0.15, -0.1) is 0 Å². The average molecular weight is 433 g/mol. The molecular weight excluding hydrogens is 408 g/mol. The second kappa shape index (κ2) is 9.24. The number of hydrogen-bond donors (Lipinski definition) is 0. The number of halogens is 1. The van der Waals surface area contributed by atoms with Crippen LogP contribution >= 0.6 is 15.9 Å². The number of amides is 1. The molecule has 27 heavy (non-hydrogen) atoms. The van der Waals surface area contributed by atoms with E-state index in [0.29, 0.717) is 17.9 Å². The van der Waals surface area contributed by atoms with Crippen LogP contribution in [0, 0.1) is 0 Å². The van der Waals surface area contributed by atoms with Crippen molar-refractivity contribution < 1.29 is 14.3 Å². The first-order chi connectivity index (χ1) is 13.1. The van der Waals surface area contributed by atoms with E-state index in [1.54, 1.807) is 13.2 Å². The van der Waals surface area contributed by atoms with Crippen LogP contribution in [0.15, 0.2) is 46.9 Å². The third-order valence-electron chi connectivity index (χ3n) is 4.70. The maximum absolute atomic E-state index is 12.9. The molecule has 0 radical (unpaired) electrons. The van der Waals surface area contributed by atoms with Gasteiger partial charge in [0.1, 0.15) is 11.5 Å². The first kappa shape index (κ1) is 19.7. The van der Waals surface area contributed by atoms with E-state index in [2.05, 4.69) is 33.0 Å². The minimum atomic E-state index is 0.0430. The molecule has 1 aliphatic heterocycles. The van der Waals surface area contributed by atoms with Gasteiger partial charge in [0.25, 0.3) is 5.91 Å². The van der Waals surface area contributed by atoms with Crippen molar-refractivity contribution in [2.24, 2.45) is 0 Å². The number of methoxy groups -OCH3 is 1. The molecule has 0 aliphatic carbocycles. The Bertz CT molecular complexity index is 771. The molecule has 5 nitrogen and oxygen atoms in total. The molecule has 1 fully saturated rings. The third-order valence-corrected chi connectivity index (χ3v) is 5.40. The van der Waals surface area contributed by atoms with Crippen molar-refractivity contribution in [3.8, 4) is 11.5 Å². The summed E-state index contributed by atoms with van der Waals surface area (Å²) in [6, 6.07) is 13.7. The molecule has 1 heterocycles. The van der Waals surface area contributed by atoms with Gasteiger partial charge in [0, 0.05) is 37.2 Å². The van der Waals surface area contributed by atoms with Crippen molar-refractivity contribution in [2.45, 2.75) is 13.5 Å². The number of benzene rings is 2. The maximum atomic E-state index is 12.9. The number of carbonyl (C=O) groups excluding carboxylic acids is 1. The van der Waals surface area contributed by atoms with Gasteiger partial charge >= 0.3 is 0 Å². The van der Waals surface area contributed by atoms with Crippen molar-refractivity contribution in [1.29, 1.82) is 0 Å². The molecule has 6 heteroatoms. The minimum Gasteiger partial charge on any atom is -0.497 e. The third kappa shape index (κ3) is 5.02. The van der Waals surface area contributed by atoms with Crippen LogP contribution in [0.2, 0.25) is 0 Å². The summed E-state index contributed by atoms with van der Waals surface area (Å²) in [6.07, 6.45) is 0. The van der Waals surface area contributed by atoms with E-state index in [-0.39, 0.29) is 5.91 Å². The van der Waals surface area contributed by atoms with Crippen molar-refractivity contribution in [1.82, 2.24) is 9.80 Å². The highest BCUT2D eigenvalue weighted by Gasteiger charge is 2.24. The fourth-order valence-electron chi connectivity index (χ4n) is 3.19. The van der Waals surface area contributed by atoms with Gasteiger partial charge in [-0.2, -0.15) is 0 Å². The Morgan fingerprint density at radius 1 is 1.04 bits per heavy atom. The number of piperazine rings is 1. The Morgan fingerprint density at radius 3 is 2.33 bits per heavy atom. The van der Waals surface area contributed by atoms with Crippen LogP contribution in [0.1, 0.15) is 22.8 Å². The second-order valence-electron chi connectivity index (χ2n) is 6.49. The summed E-state index contributed by atoms with van der Waals surface area (Å²) in [6.45, 7) is 6.72. The zero-order valence-corrected chi connectivity index (χ0v) is 17.4. The molecule has 2 aromatic carbocycles. The molecule has 0 aromatic heterocycles. The lowest BCUT2D eigenvalue weighted by atomic mass is 10.1. The van der Waals surface area contributed by atoms with Gasteiger partial charge < -0.3 is 14.4 Å². The van der Waals surface area contributed by atoms with E-state index >= 15 is 0 Å². The van der Waals surface area contributed by atoms with E-state index in [1.165, 1.54) is 5.56 Å². The molecule has 0 atom stereocenters. The van der Waals surface area contributed by atoms with Gasteiger partial charge in [0.2, 0.25) is 0 Å². The van der Waals surface area contributed by atoms with Crippen LogP contribution in [0.25, 0.3) is 0 Å². The first-order valence-electron chi connectivity index (χ1n) is 9.17. The van der Waals surface area contributed by atoms with Crippen LogP contribution < -0.4 is 9.47 Å². The Balaban J connectivity index is 1.56. The quantitative estimate of drug-likeness (QED) is 0.695. The number of ether oxygens (including phenoxy) is 2. The summed E-state index contributed by atoms with van der Waals surface area (Å²) < 4.78 is 11.5. The molecular formula is C21H25BrN2O3. The summed E-state index contributed by atoms with van der Waals surface area (Å²) in [5, 5.41) is 0. The number of nitrogens with zero attached hydrogens (tertiary/aromatic N) is 2. The number of carbonyl (C=O) groups is 1. The summed E-state index contributed by atoms with van der Waals surface area (Å²) in [5.41, 5.74) is 1.91. The van der Waals surface area contributed by atoms with Gasteiger partial charge in [-0.3, -0.25) is 9.69 Å². The first-order valence-corrected chi connectivity index (χ1v) is 9.97. The van der Waals surface area contributed by atoms with Gasteiger partial charge in [0.05, 0.1) is 19.3 Å². The van der Waals surface area contributed by atoms with Crippen LogP contribution in [0.3, 0.4) is 0 Å². The molecule has 1 aliphatic rings. The molecule has 1 amide bonds. The summed E-state index contributed by atoms with van der Waals surface area (Å²) >= 11 is 3.48. The molecule has 0 spiro atoms. The van der Waals surface area contributed by atoms with E-state index in [0.717, 1.165) is 42.9 Å². The Hall–Kier alpha value is -2.05. The van der Waals surface area contributed by atoms with E-state index in [1.807, 2.05) is 36.1 Å². The van der Waals surface area contributed by atoms with Crippen LogP contribution in [0.5, 0.6) is 11.5 Å². The number of hydrogen-bond acceptors (Lipinski definition) is 4. The smallest absolute Gasteiger partial charge is 0.255 e. The zero-order valence-electron chi connectivity index (χ0n) is 15.8. The lowest BCUT2D eigenvalue weighted by molar-refractivity contribution is 0.0627. The monoisotopic (exact) mass is 432 g/mol. The maximum Gasteiger partial charge on any atom is 0.255 e. The lowest BCUT2D eigenvalue weighted by Crippen LogP contribution is -2.48. The topological polar surface area (TPSA) is 42.0 Å². The molecule has 0 unspecified atom stereocenters. The predicted molar refractivity (Wildman–Crippen MR) is 109 cm³/mol. The van der Waals surface area contributed by atoms with Crippen LogP contribution in [-0.2, 0) is 6.54 Å². The fraction of sp³-hybridized carbons (Fsp3) is 0.381. The molecule has 0 N–H and O–H groups in total.